The van der Waals surface area contributed by atoms with Crippen LogP contribution >= 0.6 is 11.6 Å². The fourth-order valence-electron chi connectivity index (χ4n) is 2.40. The largest absolute Gasteiger partial charge is 0.304 e. The van der Waals surface area contributed by atoms with Gasteiger partial charge in [0.15, 0.2) is 0 Å². The fourth-order valence-corrected chi connectivity index (χ4v) is 2.62. The molecule has 0 spiro atoms. The minimum absolute atomic E-state index is 0.424. The van der Waals surface area contributed by atoms with Gasteiger partial charge in [-0.25, -0.2) is 0 Å². The van der Waals surface area contributed by atoms with E-state index in [1.54, 1.807) is 23.1 Å². The summed E-state index contributed by atoms with van der Waals surface area (Å²) in [5, 5.41) is 0.673. The Bertz CT molecular complexity index is 696. The van der Waals surface area contributed by atoms with Gasteiger partial charge < -0.3 is 4.90 Å². The lowest BCUT2D eigenvalue weighted by molar-refractivity contribution is -0.114. The van der Waals surface area contributed by atoms with Crippen LogP contribution in [0.1, 0.15) is 15.9 Å². The highest BCUT2D eigenvalue weighted by Crippen LogP contribution is 2.28. The number of amides is 1. The predicted octanol–water partition coefficient (Wildman–Crippen LogP) is 3.11. The van der Waals surface area contributed by atoms with Crippen molar-refractivity contribution in [1.29, 1.82) is 0 Å². The third kappa shape index (κ3) is 2.21. The van der Waals surface area contributed by atoms with Crippen molar-refractivity contribution in [2.45, 2.75) is 6.42 Å². The van der Waals surface area contributed by atoms with Crippen LogP contribution < -0.4 is 4.90 Å². The molecule has 0 unspecified atom stereocenters. The molecule has 0 aliphatic carbocycles. The number of carbonyl (C=O) groups is 2. The van der Waals surface area contributed by atoms with Crippen LogP contribution in [0.15, 0.2) is 48.5 Å². The van der Waals surface area contributed by atoms with Crippen LogP contribution in [0.25, 0.3) is 0 Å². The zero-order valence-electron chi connectivity index (χ0n) is 10.7. The maximum atomic E-state index is 12.0. The number of ketones is 1. The van der Waals surface area contributed by atoms with E-state index in [0.717, 1.165) is 5.56 Å². The maximum Gasteiger partial charge on any atom is 0.299 e. The highest BCUT2D eigenvalue weighted by Gasteiger charge is 2.34. The number of nitrogens with zero attached hydrogens (tertiary/aromatic N) is 1. The molecular formula is C16H12ClNO2. The van der Waals surface area contributed by atoms with E-state index < -0.39 is 11.7 Å². The molecule has 1 aliphatic rings. The molecule has 1 heterocycles. The molecule has 3 rings (SSSR count). The Hall–Kier alpha value is -2.13. The molecule has 4 heteroatoms. The topological polar surface area (TPSA) is 37.4 Å². The summed E-state index contributed by atoms with van der Waals surface area (Å²) in [5.74, 6) is -0.875. The van der Waals surface area contributed by atoms with Crippen molar-refractivity contribution in [3.63, 3.8) is 0 Å². The third-order valence-corrected chi connectivity index (χ3v) is 3.63. The molecule has 1 amide bonds. The SMILES string of the molecule is O=C1C(=O)N(CCc2cccc(Cl)c2)c2ccccc21. The molecule has 0 bridgehead atoms. The van der Waals surface area contributed by atoms with E-state index in [4.69, 9.17) is 11.6 Å². The smallest absolute Gasteiger partial charge is 0.299 e. The zero-order chi connectivity index (χ0) is 14.1. The van der Waals surface area contributed by atoms with Gasteiger partial charge in [0.2, 0.25) is 0 Å². The van der Waals surface area contributed by atoms with Crippen LogP contribution in [0.5, 0.6) is 0 Å². The van der Waals surface area contributed by atoms with Crippen LogP contribution in [-0.2, 0) is 11.2 Å². The average molecular weight is 286 g/mol. The first-order valence-electron chi connectivity index (χ1n) is 6.36. The molecular weight excluding hydrogens is 274 g/mol. The number of hydrogen-bond donors (Lipinski definition) is 0. The molecule has 0 atom stereocenters. The van der Waals surface area contributed by atoms with Crippen LogP contribution in [0.3, 0.4) is 0 Å². The van der Waals surface area contributed by atoms with Gasteiger partial charge in [0, 0.05) is 11.6 Å². The Kier molecular flexibility index (Phi) is 3.28. The van der Waals surface area contributed by atoms with Crippen LogP contribution in [-0.4, -0.2) is 18.2 Å². The summed E-state index contributed by atoms with van der Waals surface area (Å²) in [6, 6.07) is 14.6. The van der Waals surface area contributed by atoms with Crippen molar-refractivity contribution >= 4 is 29.0 Å². The van der Waals surface area contributed by atoms with Gasteiger partial charge in [-0.1, -0.05) is 35.9 Å². The molecule has 100 valence electrons. The second kappa shape index (κ2) is 5.10. The monoisotopic (exact) mass is 285 g/mol. The molecule has 1 aliphatic heterocycles. The number of hydrogen-bond acceptors (Lipinski definition) is 2. The normalized spacial score (nSPS) is 13.8. The predicted molar refractivity (Wildman–Crippen MR) is 78.3 cm³/mol. The number of para-hydroxylation sites is 1. The van der Waals surface area contributed by atoms with Gasteiger partial charge in [-0.15, -0.1) is 0 Å². The second-order valence-corrected chi connectivity index (χ2v) is 5.12. The summed E-state index contributed by atoms with van der Waals surface area (Å²) < 4.78 is 0. The molecule has 0 fully saturated rings. The summed E-state index contributed by atoms with van der Waals surface area (Å²) in [6.07, 6.45) is 0.661. The Morgan fingerprint density at radius 1 is 1.00 bits per heavy atom. The number of Topliss-reactive ketones (excluding diaryl/α,β-unsaturated/α-hetero) is 1. The second-order valence-electron chi connectivity index (χ2n) is 4.68. The molecule has 0 radical (unpaired) electrons. The third-order valence-electron chi connectivity index (χ3n) is 3.39. The van der Waals surface area contributed by atoms with E-state index in [-0.39, 0.29) is 0 Å². The van der Waals surface area contributed by atoms with Crippen LogP contribution in [0.4, 0.5) is 5.69 Å². The van der Waals surface area contributed by atoms with Crippen molar-refractivity contribution in [3.8, 4) is 0 Å². The van der Waals surface area contributed by atoms with Gasteiger partial charge in [-0.2, -0.15) is 0 Å². The van der Waals surface area contributed by atoms with E-state index in [2.05, 4.69) is 0 Å². The summed E-state index contributed by atoms with van der Waals surface area (Å²) in [6.45, 7) is 0.474. The molecule has 0 N–H and O–H groups in total. The van der Waals surface area contributed by atoms with E-state index in [9.17, 15) is 9.59 Å². The quantitative estimate of drug-likeness (QED) is 0.813. The van der Waals surface area contributed by atoms with Gasteiger partial charge in [0.25, 0.3) is 11.7 Å². The number of anilines is 1. The Labute approximate surface area is 121 Å². The van der Waals surface area contributed by atoms with Gasteiger partial charge in [-0.05, 0) is 36.2 Å². The number of halogens is 1. The fraction of sp³-hybridized carbons (Fsp3) is 0.125. The summed E-state index contributed by atoms with van der Waals surface area (Å²) >= 11 is 5.94. The first-order valence-corrected chi connectivity index (χ1v) is 6.74. The van der Waals surface area contributed by atoms with E-state index in [1.807, 2.05) is 30.3 Å². The lowest BCUT2D eigenvalue weighted by Crippen LogP contribution is -2.31. The summed E-state index contributed by atoms with van der Waals surface area (Å²) in [7, 11) is 0. The lowest BCUT2D eigenvalue weighted by Gasteiger charge is -2.16. The van der Waals surface area contributed by atoms with Crippen LogP contribution in [0.2, 0.25) is 5.02 Å². The van der Waals surface area contributed by atoms with Crippen molar-refractivity contribution in [3.05, 3.63) is 64.7 Å². The Morgan fingerprint density at radius 2 is 1.80 bits per heavy atom. The minimum Gasteiger partial charge on any atom is -0.304 e. The summed E-state index contributed by atoms with van der Waals surface area (Å²) in [5.41, 5.74) is 2.23. The van der Waals surface area contributed by atoms with Gasteiger partial charge in [-0.3, -0.25) is 9.59 Å². The standard InChI is InChI=1S/C16H12ClNO2/c17-12-5-3-4-11(10-12)8-9-18-14-7-2-1-6-13(14)15(19)16(18)20/h1-7,10H,8-9H2. The van der Waals surface area contributed by atoms with Crippen LogP contribution in [0, 0.1) is 0 Å². The average Bonchev–Trinajstić information content (AvgIpc) is 2.70. The number of benzene rings is 2. The molecule has 0 saturated carbocycles. The van der Waals surface area contributed by atoms with Crippen molar-refractivity contribution in [2.75, 3.05) is 11.4 Å². The van der Waals surface area contributed by atoms with Crippen molar-refractivity contribution in [2.24, 2.45) is 0 Å². The minimum atomic E-state index is -0.451. The Morgan fingerprint density at radius 3 is 2.60 bits per heavy atom. The molecule has 2 aromatic rings. The van der Waals surface area contributed by atoms with Gasteiger partial charge >= 0.3 is 0 Å². The molecule has 3 nitrogen and oxygen atoms in total. The zero-order valence-corrected chi connectivity index (χ0v) is 11.4. The first-order chi connectivity index (χ1) is 9.66. The highest BCUT2D eigenvalue weighted by atomic mass is 35.5. The molecule has 0 saturated heterocycles. The molecule has 0 aromatic heterocycles. The summed E-state index contributed by atoms with van der Waals surface area (Å²) in [4.78, 5) is 25.4. The van der Waals surface area contributed by atoms with Gasteiger partial charge in [0.1, 0.15) is 0 Å². The molecule has 2 aromatic carbocycles. The maximum absolute atomic E-state index is 12.0. The number of carbonyl (C=O) groups excluding carboxylic acids is 2. The van der Waals surface area contributed by atoms with E-state index in [0.29, 0.717) is 29.2 Å². The molecule has 20 heavy (non-hydrogen) atoms. The number of fused-ring (bicyclic) bond motifs is 1. The van der Waals surface area contributed by atoms with Crippen molar-refractivity contribution < 1.29 is 9.59 Å². The number of rotatable bonds is 3. The highest BCUT2D eigenvalue weighted by molar-refractivity contribution is 6.52. The lowest BCUT2D eigenvalue weighted by atomic mass is 10.1. The van der Waals surface area contributed by atoms with E-state index in [1.165, 1.54) is 0 Å². The Balaban J connectivity index is 1.81. The van der Waals surface area contributed by atoms with E-state index >= 15 is 0 Å². The van der Waals surface area contributed by atoms with Gasteiger partial charge in [0.05, 0.1) is 11.3 Å². The van der Waals surface area contributed by atoms with Crippen molar-refractivity contribution in [1.82, 2.24) is 0 Å². The first kappa shape index (κ1) is 12.9.